The molecule has 0 saturated carbocycles. The molecule has 0 spiro atoms. The van der Waals surface area contributed by atoms with E-state index in [9.17, 15) is 14.4 Å². The van der Waals surface area contributed by atoms with Gasteiger partial charge in [0.15, 0.2) is 0 Å². The minimum Gasteiger partial charge on any atom is -0.464 e. The van der Waals surface area contributed by atoms with Crippen LogP contribution in [0.4, 0.5) is 0 Å². The first-order valence-corrected chi connectivity index (χ1v) is 5.94. The number of Topliss-reactive ketones (excluding diaryl/α,β-unsaturated/α-hetero) is 1. The largest absolute Gasteiger partial charge is 0.464 e. The SMILES string of the molecule is C=CCC(C(=O)C(=O)OC)n1c(C#N)ccc1C(=O)OC. The van der Waals surface area contributed by atoms with E-state index in [4.69, 9.17) is 5.26 Å². The third kappa shape index (κ3) is 3.17. The number of esters is 2. The summed E-state index contributed by atoms with van der Waals surface area (Å²) in [4.78, 5) is 35.3. The number of nitriles is 1. The summed E-state index contributed by atoms with van der Waals surface area (Å²) in [7, 11) is 2.25. The van der Waals surface area contributed by atoms with Crippen molar-refractivity contribution in [2.24, 2.45) is 0 Å². The lowest BCUT2D eigenvalue weighted by atomic mass is 10.1. The second kappa shape index (κ2) is 7.05. The number of hydrogen-bond donors (Lipinski definition) is 0. The molecular weight excluding hydrogens is 276 g/mol. The highest BCUT2D eigenvalue weighted by Gasteiger charge is 2.31. The second-order valence-electron chi connectivity index (χ2n) is 3.97. The van der Waals surface area contributed by atoms with E-state index in [2.05, 4.69) is 16.1 Å². The molecule has 1 heterocycles. The number of ether oxygens (including phenoxy) is 2. The molecular formula is C14H14N2O5. The standard InChI is InChI=1S/C14H14N2O5/c1-4-5-10(12(17)14(19)21-3)16-9(8-15)6-7-11(16)13(18)20-2/h4,6-7,10H,1,5H2,2-3H3. The van der Waals surface area contributed by atoms with Gasteiger partial charge in [0, 0.05) is 0 Å². The monoisotopic (exact) mass is 290 g/mol. The van der Waals surface area contributed by atoms with Crippen molar-refractivity contribution in [3.05, 3.63) is 36.2 Å². The van der Waals surface area contributed by atoms with Crippen molar-refractivity contribution in [2.75, 3.05) is 14.2 Å². The maximum Gasteiger partial charge on any atom is 0.376 e. The highest BCUT2D eigenvalue weighted by molar-refractivity contribution is 6.35. The molecule has 110 valence electrons. The van der Waals surface area contributed by atoms with E-state index < -0.39 is 23.8 Å². The molecule has 0 saturated heterocycles. The summed E-state index contributed by atoms with van der Waals surface area (Å²) < 4.78 is 10.2. The summed E-state index contributed by atoms with van der Waals surface area (Å²) in [6.45, 7) is 3.51. The summed E-state index contributed by atoms with van der Waals surface area (Å²) in [6.07, 6.45) is 1.47. The van der Waals surface area contributed by atoms with Gasteiger partial charge in [-0.15, -0.1) is 6.58 Å². The van der Waals surface area contributed by atoms with Crippen molar-refractivity contribution in [1.82, 2.24) is 4.57 Å². The van der Waals surface area contributed by atoms with Crippen molar-refractivity contribution in [1.29, 1.82) is 5.26 Å². The maximum absolute atomic E-state index is 12.1. The fourth-order valence-corrected chi connectivity index (χ4v) is 1.87. The van der Waals surface area contributed by atoms with Crippen LogP contribution in [0.15, 0.2) is 24.8 Å². The summed E-state index contributed by atoms with van der Waals surface area (Å²) in [5.41, 5.74) is 0.0534. The number of carbonyl (C=O) groups is 3. The van der Waals surface area contributed by atoms with E-state index in [1.165, 1.54) is 25.3 Å². The van der Waals surface area contributed by atoms with E-state index in [1.54, 1.807) is 0 Å². The van der Waals surface area contributed by atoms with Gasteiger partial charge >= 0.3 is 11.9 Å². The van der Waals surface area contributed by atoms with Gasteiger partial charge in [0.1, 0.15) is 23.5 Å². The molecule has 0 aromatic carbocycles. The lowest BCUT2D eigenvalue weighted by molar-refractivity contribution is -0.153. The van der Waals surface area contributed by atoms with E-state index in [-0.39, 0.29) is 17.8 Å². The van der Waals surface area contributed by atoms with Crippen LogP contribution in [0.3, 0.4) is 0 Å². The molecule has 1 rings (SSSR count). The molecule has 0 bridgehead atoms. The molecule has 1 atom stereocenters. The van der Waals surface area contributed by atoms with Gasteiger partial charge in [-0.2, -0.15) is 5.26 Å². The van der Waals surface area contributed by atoms with Crippen LogP contribution in [0.5, 0.6) is 0 Å². The number of allylic oxidation sites excluding steroid dienone is 1. The predicted octanol–water partition coefficient (Wildman–Crippen LogP) is 1.01. The van der Waals surface area contributed by atoms with Gasteiger partial charge in [0.25, 0.3) is 5.78 Å². The summed E-state index contributed by atoms with van der Waals surface area (Å²) in [6, 6.07) is 3.49. The van der Waals surface area contributed by atoms with Crippen LogP contribution in [0.1, 0.15) is 28.6 Å². The van der Waals surface area contributed by atoms with Crippen LogP contribution >= 0.6 is 0 Å². The summed E-state index contributed by atoms with van der Waals surface area (Å²) in [5, 5.41) is 9.10. The highest BCUT2D eigenvalue weighted by atomic mass is 16.5. The van der Waals surface area contributed by atoms with Gasteiger partial charge in [0.2, 0.25) is 0 Å². The first-order chi connectivity index (χ1) is 10.0. The number of rotatable bonds is 6. The predicted molar refractivity (Wildman–Crippen MR) is 71.4 cm³/mol. The van der Waals surface area contributed by atoms with Gasteiger partial charge in [-0.3, -0.25) is 4.79 Å². The van der Waals surface area contributed by atoms with Crippen LogP contribution < -0.4 is 0 Å². The summed E-state index contributed by atoms with van der Waals surface area (Å²) in [5.74, 6) is -2.66. The lowest BCUT2D eigenvalue weighted by Gasteiger charge is -2.18. The first kappa shape index (κ1) is 16.2. The normalized spacial score (nSPS) is 11.1. The number of carbonyl (C=O) groups excluding carboxylic acids is 3. The molecule has 0 aliphatic rings. The number of aromatic nitrogens is 1. The van der Waals surface area contributed by atoms with Crippen molar-refractivity contribution in [3.8, 4) is 6.07 Å². The van der Waals surface area contributed by atoms with Crippen LogP contribution in [-0.2, 0) is 19.1 Å². The lowest BCUT2D eigenvalue weighted by Crippen LogP contribution is -2.30. The number of hydrogen-bond acceptors (Lipinski definition) is 6. The van der Waals surface area contributed by atoms with Crippen LogP contribution in [-0.4, -0.2) is 36.5 Å². The van der Waals surface area contributed by atoms with E-state index in [0.717, 1.165) is 11.7 Å². The molecule has 0 N–H and O–H groups in total. The smallest absolute Gasteiger partial charge is 0.376 e. The first-order valence-electron chi connectivity index (χ1n) is 5.94. The Kier molecular flexibility index (Phi) is 5.43. The molecule has 0 fully saturated rings. The van der Waals surface area contributed by atoms with Gasteiger partial charge < -0.3 is 14.0 Å². The molecule has 7 heteroatoms. The Morgan fingerprint density at radius 3 is 2.52 bits per heavy atom. The topological polar surface area (TPSA) is 98.4 Å². The van der Waals surface area contributed by atoms with Crippen LogP contribution in [0.25, 0.3) is 0 Å². The molecule has 1 aromatic heterocycles. The van der Waals surface area contributed by atoms with Crippen molar-refractivity contribution >= 4 is 17.7 Å². The zero-order valence-corrected chi connectivity index (χ0v) is 11.7. The quantitative estimate of drug-likeness (QED) is 0.440. The minimum atomic E-state index is -1.09. The van der Waals surface area contributed by atoms with Gasteiger partial charge in [-0.05, 0) is 18.6 Å². The molecule has 21 heavy (non-hydrogen) atoms. The minimum absolute atomic E-state index is 0.00171. The number of nitrogens with zero attached hydrogens (tertiary/aromatic N) is 2. The molecule has 0 amide bonds. The van der Waals surface area contributed by atoms with Gasteiger partial charge in [0.05, 0.1) is 14.2 Å². The van der Waals surface area contributed by atoms with Crippen LogP contribution in [0.2, 0.25) is 0 Å². The van der Waals surface area contributed by atoms with E-state index >= 15 is 0 Å². The van der Waals surface area contributed by atoms with Crippen molar-refractivity contribution in [3.63, 3.8) is 0 Å². The maximum atomic E-state index is 12.1. The molecule has 0 aliphatic carbocycles. The Balaban J connectivity index is 3.43. The highest BCUT2D eigenvalue weighted by Crippen LogP contribution is 2.22. The van der Waals surface area contributed by atoms with E-state index in [1.807, 2.05) is 6.07 Å². The van der Waals surface area contributed by atoms with E-state index in [0.29, 0.717) is 0 Å². The van der Waals surface area contributed by atoms with Crippen molar-refractivity contribution in [2.45, 2.75) is 12.5 Å². The van der Waals surface area contributed by atoms with Crippen LogP contribution in [0, 0.1) is 11.3 Å². The zero-order chi connectivity index (χ0) is 16.0. The Hall–Kier alpha value is -2.88. The Morgan fingerprint density at radius 1 is 1.38 bits per heavy atom. The fourth-order valence-electron chi connectivity index (χ4n) is 1.87. The van der Waals surface area contributed by atoms with Gasteiger partial charge in [-0.25, -0.2) is 9.59 Å². The molecule has 7 nitrogen and oxygen atoms in total. The van der Waals surface area contributed by atoms with Crippen molar-refractivity contribution < 1.29 is 23.9 Å². The Labute approximate surface area is 121 Å². The number of ketones is 1. The molecule has 1 aromatic rings. The van der Waals surface area contributed by atoms with Gasteiger partial charge in [-0.1, -0.05) is 6.08 Å². The molecule has 1 unspecified atom stereocenters. The average molecular weight is 290 g/mol. The second-order valence-corrected chi connectivity index (χ2v) is 3.97. The average Bonchev–Trinajstić information content (AvgIpc) is 2.93. The third-order valence-electron chi connectivity index (χ3n) is 2.82. The summed E-state index contributed by atoms with van der Waals surface area (Å²) >= 11 is 0. The fraction of sp³-hybridized carbons (Fsp3) is 0.286. The number of methoxy groups -OCH3 is 2. The molecule has 0 aliphatic heterocycles. The Morgan fingerprint density at radius 2 is 2.05 bits per heavy atom. The third-order valence-corrected chi connectivity index (χ3v) is 2.82. The zero-order valence-electron chi connectivity index (χ0n) is 11.7. The Bertz CT molecular complexity index is 624. The molecule has 0 radical (unpaired) electrons.